The zero-order chi connectivity index (χ0) is 20.6. The Morgan fingerprint density at radius 1 is 1.24 bits per heavy atom. The number of carbonyl (C=O) groups excluding carboxylic acids is 1. The van der Waals surface area contributed by atoms with Gasteiger partial charge in [0.15, 0.2) is 5.13 Å². The number of fused-ring (bicyclic) bond motifs is 1. The maximum Gasteiger partial charge on any atom is 0.252 e. The average molecular weight is 450 g/mol. The van der Waals surface area contributed by atoms with Crippen LogP contribution in [0, 0.1) is 12.8 Å². The summed E-state index contributed by atoms with van der Waals surface area (Å²) in [4.78, 5) is 20.6. The molecule has 1 aromatic carbocycles. The largest absolute Gasteiger partial charge is 0.288 e. The van der Waals surface area contributed by atoms with Gasteiger partial charge in [0, 0.05) is 24.5 Å². The van der Waals surface area contributed by atoms with Crippen LogP contribution < -0.4 is 4.90 Å². The predicted molar refractivity (Wildman–Crippen MR) is 118 cm³/mol. The minimum atomic E-state index is -3.56. The molecule has 29 heavy (non-hydrogen) atoms. The van der Waals surface area contributed by atoms with Crippen LogP contribution in [0.5, 0.6) is 0 Å². The summed E-state index contributed by atoms with van der Waals surface area (Å²) in [5.74, 6) is -0.402. The molecule has 1 aliphatic heterocycles. The van der Waals surface area contributed by atoms with Crippen LogP contribution in [0.3, 0.4) is 0 Å². The molecule has 1 aliphatic rings. The number of hydrogen-bond acceptors (Lipinski definition) is 6. The fraction of sp³-hybridized carbons (Fsp3) is 0.400. The summed E-state index contributed by atoms with van der Waals surface area (Å²) in [5.41, 5.74) is 0.875. The number of aryl methyl sites for hydroxylation is 1. The summed E-state index contributed by atoms with van der Waals surface area (Å²) < 4.78 is 28.8. The zero-order valence-electron chi connectivity index (χ0n) is 16.4. The summed E-state index contributed by atoms with van der Waals surface area (Å²) in [6, 6.07) is 11.3. The molecule has 3 heterocycles. The number of thiazole rings is 1. The van der Waals surface area contributed by atoms with Gasteiger partial charge in [-0.15, -0.1) is 11.3 Å². The monoisotopic (exact) mass is 449 g/mol. The summed E-state index contributed by atoms with van der Waals surface area (Å²) in [6.07, 6.45) is 1.37. The van der Waals surface area contributed by atoms with Gasteiger partial charge >= 0.3 is 0 Å². The number of anilines is 1. The van der Waals surface area contributed by atoms with Gasteiger partial charge in [-0.1, -0.05) is 23.5 Å². The van der Waals surface area contributed by atoms with Gasteiger partial charge < -0.3 is 0 Å². The maximum absolute atomic E-state index is 13.3. The molecule has 0 aliphatic carbocycles. The van der Waals surface area contributed by atoms with Crippen LogP contribution in [0.2, 0.25) is 0 Å². The second-order valence-electron chi connectivity index (χ2n) is 7.11. The molecule has 1 atom stereocenters. The van der Waals surface area contributed by atoms with E-state index in [1.54, 1.807) is 11.0 Å². The summed E-state index contributed by atoms with van der Waals surface area (Å²) in [6.45, 7) is 5.00. The van der Waals surface area contributed by atoms with Gasteiger partial charge in [-0.25, -0.2) is 13.4 Å². The van der Waals surface area contributed by atoms with Crippen molar-refractivity contribution in [2.75, 3.05) is 24.5 Å². The Hall–Kier alpha value is -1.81. The molecule has 9 heteroatoms. The topological polar surface area (TPSA) is 70.6 Å². The first-order valence-corrected chi connectivity index (χ1v) is 12.7. The number of carbonyl (C=O) groups is 1. The van der Waals surface area contributed by atoms with E-state index in [0.717, 1.165) is 15.1 Å². The normalized spacial score (nSPS) is 18.2. The molecule has 3 aromatic rings. The number of aromatic nitrogens is 1. The minimum absolute atomic E-state index is 0.0474. The van der Waals surface area contributed by atoms with E-state index >= 15 is 0 Å². The molecular formula is C20H23N3O3S3. The van der Waals surface area contributed by atoms with E-state index in [-0.39, 0.29) is 18.4 Å². The number of para-hydroxylation sites is 1. The van der Waals surface area contributed by atoms with E-state index in [9.17, 15) is 13.2 Å². The number of rotatable bonds is 5. The van der Waals surface area contributed by atoms with Gasteiger partial charge in [0.25, 0.3) is 10.0 Å². The molecule has 0 radical (unpaired) electrons. The molecule has 154 valence electrons. The van der Waals surface area contributed by atoms with Crippen LogP contribution in [0.25, 0.3) is 10.2 Å². The van der Waals surface area contributed by atoms with Gasteiger partial charge in [-0.2, -0.15) is 4.31 Å². The Bertz CT molecular complexity index is 1100. The van der Waals surface area contributed by atoms with Crippen LogP contribution in [0.15, 0.2) is 40.6 Å². The molecule has 0 N–H and O–H groups in total. The number of sulfonamides is 1. The second-order valence-corrected chi connectivity index (χ2v) is 11.6. The SMILES string of the molecule is CCN(C(=O)[C@@H]1CCCN(S(=O)(=O)c2ccc(C)s2)C1)c1nc2ccccc2s1. The fourth-order valence-corrected chi connectivity index (χ4v) is 7.62. The van der Waals surface area contributed by atoms with Crippen molar-refractivity contribution in [2.45, 2.75) is 30.9 Å². The van der Waals surface area contributed by atoms with E-state index in [0.29, 0.717) is 35.3 Å². The van der Waals surface area contributed by atoms with Gasteiger partial charge in [0.2, 0.25) is 5.91 Å². The van der Waals surface area contributed by atoms with Crippen molar-refractivity contribution in [1.82, 2.24) is 9.29 Å². The van der Waals surface area contributed by atoms with Gasteiger partial charge in [-0.05, 0) is 51.0 Å². The number of piperidine rings is 1. The standard InChI is InChI=1S/C20H23N3O3S3/c1-3-23(20-21-16-8-4-5-9-17(16)28-20)19(24)15-7-6-12-22(13-15)29(25,26)18-11-10-14(2)27-18/h4-5,8-11,15H,3,6-7,12-13H2,1-2H3/t15-/m1/s1. The lowest BCUT2D eigenvalue weighted by Crippen LogP contribution is -2.46. The van der Waals surface area contributed by atoms with E-state index in [4.69, 9.17) is 0 Å². The molecule has 0 unspecified atom stereocenters. The highest BCUT2D eigenvalue weighted by Gasteiger charge is 2.36. The van der Waals surface area contributed by atoms with Gasteiger partial charge in [-0.3, -0.25) is 9.69 Å². The number of thiophene rings is 1. The quantitative estimate of drug-likeness (QED) is 0.587. The first-order valence-electron chi connectivity index (χ1n) is 9.63. The lowest BCUT2D eigenvalue weighted by molar-refractivity contribution is -0.123. The fourth-order valence-electron chi connectivity index (χ4n) is 3.62. The first-order chi connectivity index (χ1) is 13.9. The number of benzene rings is 1. The van der Waals surface area contributed by atoms with Gasteiger partial charge in [0.1, 0.15) is 4.21 Å². The van der Waals surface area contributed by atoms with Crippen LogP contribution in [0.1, 0.15) is 24.6 Å². The van der Waals surface area contributed by atoms with E-state index in [1.165, 1.54) is 27.0 Å². The Balaban J connectivity index is 1.56. The summed E-state index contributed by atoms with van der Waals surface area (Å²) >= 11 is 2.77. The first kappa shape index (κ1) is 20.5. The van der Waals surface area contributed by atoms with Crippen molar-refractivity contribution in [3.05, 3.63) is 41.3 Å². The molecule has 0 bridgehead atoms. The highest BCUT2D eigenvalue weighted by atomic mass is 32.2. The highest BCUT2D eigenvalue weighted by molar-refractivity contribution is 7.91. The van der Waals surface area contributed by atoms with Crippen LogP contribution in [-0.2, 0) is 14.8 Å². The molecule has 1 saturated heterocycles. The highest BCUT2D eigenvalue weighted by Crippen LogP contribution is 2.32. The molecule has 1 fully saturated rings. The minimum Gasteiger partial charge on any atom is -0.288 e. The predicted octanol–water partition coefficient (Wildman–Crippen LogP) is 4.12. The Morgan fingerprint density at radius 2 is 2.03 bits per heavy atom. The van der Waals surface area contributed by atoms with Crippen molar-refractivity contribution in [1.29, 1.82) is 0 Å². The van der Waals surface area contributed by atoms with E-state index in [2.05, 4.69) is 4.98 Å². The number of nitrogens with zero attached hydrogens (tertiary/aromatic N) is 3. The van der Waals surface area contributed by atoms with E-state index < -0.39 is 10.0 Å². The molecule has 1 amide bonds. The van der Waals surface area contributed by atoms with Crippen molar-refractivity contribution in [2.24, 2.45) is 5.92 Å². The lowest BCUT2D eigenvalue weighted by Gasteiger charge is -2.33. The molecule has 0 saturated carbocycles. The number of amides is 1. The van der Waals surface area contributed by atoms with Gasteiger partial charge in [0.05, 0.1) is 16.1 Å². The average Bonchev–Trinajstić information content (AvgIpc) is 3.35. The van der Waals surface area contributed by atoms with Crippen molar-refractivity contribution in [3.8, 4) is 0 Å². The third-order valence-electron chi connectivity index (χ3n) is 5.14. The maximum atomic E-state index is 13.3. The van der Waals surface area contributed by atoms with Crippen molar-refractivity contribution < 1.29 is 13.2 Å². The third-order valence-corrected chi connectivity index (χ3v) is 9.53. The summed E-state index contributed by atoms with van der Waals surface area (Å²) in [7, 11) is -3.56. The molecule has 0 spiro atoms. The van der Waals surface area contributed by atoms with Crippen molar-refractivity contribution >= 4 is 54.0 Å². The Morgan fingerprint density at radius 3 is 2.72 bits per heavy atom. The molecular weight excluding hydrogens is 426 g/mol. The lowest BCUT2D eigenvalue weighted by atomic mass is 9.98. The van der Waals surface area contributed by atoms with Crippen LogP contribution >= 0.6 is 22.7 Å². The smallest absolute Gasteiger partial charge is 0.252 e. The summed E-state index contributed by atoms with van der Waals surface area (Å²) in [5, 5.41) is 0.674. The zero-order valence-corrected chi connectivity index (χ0v) is 18.8. The molecule has 6 nitrogen and oxygen atoms in total. The Kier molecular flexibility index (Phi) is 5.74. The third kappa shape index (κ3) is 3.96. The molecule has 4 rings (SSSR count). The van der Waals surface area contributed by atoms with Crippen LogP contribution in [-0.4, -0.2) is 43.2 Å². The number of hydrogen-bond donors (Lipinski definition) is 0. The van der Waals surface area contributed by atoms with Crippen LogP contribution in [0.4, 0.5) is 5.13 Å². The Labute approximate surface area is 178 Å². The second kappa shape index (κ2) is 8.14. The van der Waals surface area contributed by atoms with Crippen molar-refractivity contribution in [3.63, 3.8) is 0 Å². The van der Waals surface area contributed by atoms with E-state index in [1.807, 2.05) is 44.2 Å². The molecule has 2 aromatic heterocycles.